The summed E-state index contributed by atoms with van der Waals surface area (Å²) in [5, 5.41) is 17.7. The summed E-state index contributed by atoms with van der Waals surface area (Å²) in [6.07, 6.45) is 2.13. The van der Waals surface area contributed by atoms with E-state index in [1.807, 2.05) is 55.5 Å². The van der Waals surface area contributed by atoms with Crippen LogP contribution in [0.3, 0.4) is 0 Å². The normalized spacial score (nSPS) is 16.1. The van der Waals surface area contributed by atoms with Gasteiger partial charge in [-0.3, -0.25) is 4.79 Å². The molecule has 1 atom stereocenters. The van der Waals surface area contributed by atoms with Gasteiger partial charge in [0.2, 0.25) is 0 Å². The number of para-hydroxylation sites is 1. The Kier molecular flexibility index (Phi) is 7.62. The highest BCUT2D eigenvalue weighted by Crippen LogP contribution is 2.43. The van der Waals surface area contributed by atoms with Crippen LogP contribution < -0.4 is 10.6 Å². The molecule has 154 valence electrons. The molecule has 0 unspecified atom stereocenters. The minimum absolute atomic E-state index is 0.249. The third-order valence-corrected chi connectivity index (χ3v) is 6.33. The van der Waals surface area contributed by atoms with Gasteiger partial charge in [-0.1, -0.05) is 61.3 Å². The molecule has 0 fully saturated rings. The maximum Gasteiger partial charge on any atom is 0.254 e. The number of nitrogens with one attached hydrogen (secondary N) is 2. The highest BCUT2D eigenvalue weighted by molar-refractivity contribution is 8.03. The van der Waals surface area contributed by atoms with Crippen LogP contribution in [0, 0.1) is 11.3 Å². The summed E-state index contributed by atoms with van der Waals surface area (Å²) in [5.74, 6) is 0.122. The summed E-state index contributed by atoms with van der Waals surface area (Å²) in [5.41, 5.74) is 3.21. The first-order valence-corrected chi connectivity index (χ1v) is 11.3. The van der Waals surface area contributed by atoms with Crippen molar-refractivity contribution in [3.05, 3.63) is 87.1 Å². The zero-order valence-corrected chi connectivity index (χ0v) is 18.6. The van der Waals surface area contributed by atoms with E-state index < -0.39 is 5.92 Å². The van der Waals surface area contributed by atoms with Gasteiger partial charge in [0.25, 0.3) is 5.91 Å². The lowest BCUT2D eigenvalue weighted by molar-refractivity contribution is -0.113. The highest BCUT2D eigenvalue weighted by atomic mass is 35.5. The number of hydrogen-bond acceptors (Lipinski definition) is 4. The van der Waals surface area contributed by atoms with Crippen LogP contribution in [0.4, 0.5) is 5.69 Å². The van der Waals surface area contributed by atoms with Crippen LogP contribution in [-0.2, 0) is 4.79 Å². The molecule has 0 radical (unpaired) electrons. The predicted molar refractivity (Wildman–Crippen MR) is 125 cm³/mol. The summed E-state index contributed by atoms with van der Waals surface area (Å²) >= 11 is 8.14. The van der Waals surface area contributed by atoms with Gasteiger partial charge in [-0.15, -0.1) is 11.8 Å². The van der Waals surface area contributed by atoms with E-state index in [1.54, 1.807) is 17.8 Å². The van der Waals surface area contributed by atoms with Gasteiger partial charge in [0, 0.05) is 22.0 Å². The van der Waals surface area contributed by atoms with Crippen LogP contribution in [0.2, 0.25) is 5.02 Å². The number of halogens is 1. The minimum Gasteiger partial charge on any atom is -0.353 e. The van der Waals surface area contributed by atoms with E-state index >= 15 is 0 Å². The van der Waals surface area contributed by atoms with E-state index in [1.165, 1.54) is 0 Å². The molecule has 0 saturated carbocycles. The summed E-state index contributed by atoms with van der Waals surface area (Å²) in [7, 11) is 0. The molecule has 0 bridgehead atoms. The molecular formula is C24H24ClN3OS. The monoisotopic (exact) mass is 437 g/mol. The van der Waals surface area contributed by atoms with Gasteiger partial charge in [-0.05, 0) is 42.9 Å². The van der Waals surface area contributed by atoms with Crippen LogP contribution in [0.15, 0.2) is 76.5 Å². The first-order valence-electron chi connectivity index (χ1n) is 9.92. The van der Waals surface area contributed by atoms with Crippen LogP contribution in [0.5, 0.6) is 0 Å². The number of unbranched alkanes of at least 4 members (excludes halogenated alkanes) is 1. The molecule has 30 heavy (non-hydrogen) atoms. The molecule has 0 aliphatic carbocycles. The summed E-state index contributed by atoms with van der Waals surface area (Å²) in [6, 6.07) is 19.0. The summed E-state index contributed by atoms with van der Waals surface area (Å²) in [4.78, 5) is 13.3. The number of thioether (sulfide) groups is 1. The number of dihydropyridines is 1. The number of hydrogen-bond donors (Lipinski definition) is 2. The van der Waals surface area contributed by atoms with E-state index in [0.717, 1.165) is 34.9 Å². The SMILES string of the molecule is CCCCSC1=C(C#N)[C@@H](c2ccccc2Cl)C(C(=O)Nc2ccccc2)=C(C)N1. The average Bonchev–Trinajstić information content (AvgIpc) is 2.74. The average molecular weight is 438 g/mol. The molecule has 4 nitrogen and oxygen atoms in total. The largest absolute Gasteiger partial charge is 0.353 e. The number of carbonyl (C=O) groups excluding carboxylic acids is 1. The lowest BCUT2D eigenvalue weighted by Gasteiger charge is -2.30. The van der Waals surface area contributed by atoms with Crippen molar-refractivity contribution in [3.63, 3.8) is 0 Å². The molecule has 2 N–H and O–H groups in total. The van der Waals surface area contributed by atoms with Crippen molar-refractivity contribution in [3.8, 4) is 6.07 Å². The van der Waals surface area contributed by atoms with E-state index in [-0.39, 0.29) is 5.91 Å². The zero-order valence-electron chi connectivity index (χ0n) is 17.0. The molecule has 0 aromatic heterocycles. The number of carbonyl (C=O) groups is 1. The Morgan fingerprint density at radius 1 is 1.20 bits per heavy atom. The lowest BCUT2D eigenvalue weighted by atomic mass is 9.82. The van der Waals surface area contributed by atoms with Gasteiger partial charge in [-0.25, -0.2) is 0 Å². The maximum atomic E-state index is 13.3. The van der Waals surface area contributed by atoms with Gasteiger partial charge in [0.1, 0.15) is 0 Å². The van der Waals surface area contributed by atoms with E-state index in [9.17, 15) is 10.1 Å². The molecule has 1 aliphatic heterocycles. The second-order valence-corrected chi connectivity index (χ2v) is 8.51. The van der Waals surface area contributed by atoms with E-state index in [4.69, 9.17) is 11.6 Å². The Labute approximate surface area is 187 Å². The molecule has 2 aromatic carbocycles. The van der Waals surface area contributed by atoms with Crippen molar-refractivity contribution in [2.24, 2.45) is 0 Å². The number of allylic oxidation sites excluding steroid dienone is 2. The maximum absolute atomic E-state index is 13.3. The fourth-order valence-corrected chi connectivity index (χ4v) is 4.81. The van der Waals surface area contributed by atoms with Crippen molar-refractivity contribution < 1.29 is 4.79 Å². The van der Waals surface area contributed by atoms with Crippen molar-refractivity contribution in [1.29, 1.82) is 5.26 Å². The van der Waals surface area contributed by atoms with Crippen molar-refractivity contribution >= 4 is 35.0 Å². The van der Waals surface area contributed by atoms with Crippen LogP contribution in [0.25, 0.3) is 0 Å². The van der Waals surface area contributed by atoms with Crippen LogP contribution in [0.1, 0.15) is 38.2 Å². The van der Waals surface area contributed by atoms with Crippen LogP contribution >= 0.6 is 23.4 Å². The molecule has 3 rings (SSSR count). The molecule has 1 aliphatic rings. The number of benzene rings is 2. The zero-order chi connectivity index (χ0) is 21.5. The Bertz CT molecular complexity index is 1020. The second-order valence-electron chi connectivity index (χ2n) is 6.99. The Balaban J connectivity index is 2.06. The number of rotatable bonds is 7. The number of anilines is 1. The molecule has 0 saturated heterocycles. The van der Waals surface area contributed by atoms with Crippen molar-refractivity contribution in [2.45, 2.75) is 32.6 Å². The van der Waals surface area contributed by atoms with Gasteiger partial charge >= 0.3 is 0 Å². The number of amides is 1. The van der Waals surface area contributed by atoms with Crippen molar-refractivity contribution in [2.75, 3.05) is 11.1 Å². The lowest BCUT2D eigenvalue weighted by Crippen LogP contribution is -2.30. The van der Waals surface area contributed by atoms with Gasteiger partial charge in [0.15, 0.2) is 0 Å². The topological polar surface area (TPSA) is 64.9 Å². The first kappa shape index (κ1) is 22.0. The summed E-state index contributed by atoms with van der Waals surface area (Å²) < 4.78 is 0. The minimum atomic E-state index is -0.530. The smallest absolute Gasteiger partial charge is 0.254 e. The van der Waals surface area contributed by atoms with E-state index in [0.29, 0.717) is 21.9 Å². The van der Waals surface area contributed by atoms with Gasteiger partial charge in [0.05, 0.1) is 22.6 Å². The number of nitrogens with zero attached hydrogens (tertiary/aromatic N) is 1. The Morgan fingerprint density at radius 2 is 1.90 bits per heavy atom. The van der Waals surface area contributed by atoms with Crippen molar-refractivity contribution in [1.82, 2.24) is 5.32 Å². The standard InChI is InChI=1S/C24H24ClN3OS/c1-3-4-14-30-24-19(15-26)22(18-12-8-9-13-20(18)25)21(16(2)27-24)23(29)28-17-10-6-5-7-11-17/h5-13,22,27H,3-4,14H2,1-2H3,(H,28,29)/t22-/m1/s1. The number of nitriles is 1. The highest BCUT2D eigenvalue weighted by Gasteiger charge is 2.35. The molecular weight excluding hydrogens is 414 g/mol. The Hall–Kier alpha value is -2.68. The van der Waals surface area contributed by atoms with Gasteiger partial charge < -0.3 is 10.6 Å². The quantitative estimate of drug-likeness (QED) is 0.505. The predicted octanol–water partition coefficient (Wildman–Crippen LogP) is 6.21. The molecule has 1 amide bonds. The van der Waals surface area contributed by atoms with E-state index in [2.05, 4.69) is 23.6 Å². The molecule has 2 aromatic rings. The second kappa shape index (κ2) is 10.4. The fraction of sp³-hybridized carbons (Fsp3) is 0.250. The summed E-state index contributed by atoms with van der Waals surface area (Å²) in [6.45, 7) is 4.01. The van der Waals surface area contributed by atoms with Gasteiger partial charge in [-0.2, -0.15) is 5.26 Å². The Morgan fingerprint density at radius 3 is 2.57 bits per heavy atom. The third kappa shape index (κ3) is 4.89. The molecule has 1 heterocycles. The van der Waals surface area contributed by atoms with Crippen LogP contribution in [-0.4, -0.2) is 11.7 Å². The fourth-order valence-electron chi connectivity index (χ4n) is 3.39. The first-order chi connectivity index (χ1) is 14.6. The molecule has 0 spiro atoms. The third-order valence-electron chi connectivity index (χ3n) is 4.88. The molecule has 6 heteroatoms.